The molecule has 32 heavy (non-hydrogen) atoms. The molecule has 0 spiro atoms. The van der Waals surface area contributed by atoms with Gasteiger partial charge in [-0.2, -0.15) is 5.26 Å². The van der Waals surface area contributed by atoms with E-state index in [9.17, 15) is 19.2 Å². The fraction of sp³-hybridized carbons (Fsp3) is 0.348. The van der Waals surface area contributed by atoms with E-state index < -0.39 is 23.4 Å². The second kappa shape index (κ2) is 10.1. The second-order valence-corrected chi connectivity index (χ2v) is 8.59. The van der Waals surface area contributed by atoms with Crippen LogP contribution in [0.15, 0.2) is 46.9 Å². The molecule has 0 aromatic heterocycles. The molecule has 168 valence electrons. The Morgan fingerprint density at radius 1 is 1.22 bits per heavy atom. The number of nitriles is 1. The summed E-state index contributed by atoms with van der Waals surface area (Å²) < 4.78 is 34.6. The Bertz CT molecular complexity index is 1030. The first-order valence-corrected chi connectivity index (χ1v) is 10.7. The Kier molecular flexibility index (Phi) is 7.46. The fourth-order valence-corrected chi connectivity index (χ4v) is 4.16. The van der Waals surface area contributed by atoms with Gasteiger partial charge < -0.3 is 14.7 Å². The van der Waals surface area contributed by atoms with Crippen molar-refractivity contribution in [1.82, 2.24) is 4.90 Å². The minimum atomic E-state index is -1.59. The summed E-state index contributed by atoms with van der Waals surface area (Å²) in [6, 6.07) is 11.9. The third-order valence-corrected chi connectivity index (χ3v) is 6.09. The summed E-state index contributed by atoms with van der Waals surface area (Å²) in [6.07, 6.45) is -1.58. The molecule has 0 radical (unpaired) electrons. The predicted molar refractivity (Wildman–Crippen MR) is 115 cm³/mol. The molecule has 2 aromatic carbocycles. The van der Waals surface area contributed by atoms with Crippen molar-refractivity contribution in [2.75, 3.05) is 19.7 Å². The molecule has 1 fully saturated rings. The van der Waals surface area contributed by atoms with Gasteiger partial charge in [0.25, 0.3) is 5.91 Å². The van der Waals surface area contributed by atoms with Crippen LogP contribution in [0, 0.1) is 22.6 Å². The van der Waals surface area contributed by atoms with Gasteiger partial charge in [-0.05, 0) is 48.7 Å². The molecule has 2 aromatic rings. The molecule has 3 rings (SSSR count). The van der Waals surface area contributed by atoms with Crippen LogP contribution in [-0.4, -0.2) is 41.6 Å². The Morgan fingerprint density at radius 3 is 2.47 bits per heavy atom. The van der Waals surface area contributed by atoms with E-state index in [-0.39, 0.29) is 50.4 Å². The number of nitrogens with zero attached hydrogens (tertiary/aromatic N) is 2. The second-order valence-electron chi connectivity index (χ2n) is 7.67. The molecule has 1 N–H and O–H groups in total. The predicted octanol–water partition coefficient (Wildman–Crippen LogP) is 4.44. The lowest BCUT2D eigenvalue weighted by atomic mass is 9.73. The van der Waals surface area contributed by atoms with E-state index in [1.54, 1.807) is 18.2 Å². The number of aliphatic carboxylic acids is 1. The Hall–Kier alpha value is -2.99. The average Bonchev–Trinajstić information content (AvgIpc) is 2.78. The first-order valence-electron chi connectivity index (χ1n) is 9.96. The van der Waals surface area contributed by atoms with Gasteiger partial charge in [0.05, 0.1) is 17.9 Å². The van der Waals surface area contributed by atoms with Crippen molar-refractivity contribution in [2.24, 2.45) is 5.41 Å². The zero-order chi connectivity index (χ0) is 23.3. The van der Waals surface area contributed by atoms with Gasteiger partial charge in [0.2, 0.25) is 0 Å². The SMILES string of the molecule is N#CC1(C(F)c2ccc(F)cc2)CCN(C(=O)COc2ccc(Br)cc2CC(=O)O)CC1. The highest BCUT2D eigenvalue weighted by Crippen LogP contribution is 2.45. The third kappa shape index (κ3) is 5.43. The number of rotatable bonds is 7. The van der Waals surface area contributed by atoms with E-state index in [4.69, 9.17) is 9.84 Å². The minimum Gasteiger partial charge on any atom is -0.483 e. The van der Waals surface area contributed by atoms with E-state index in [0.29, 0.717) is 15.8 Å². The van der Waals surface area contributed by atoms with Gasteiger partial charge >= 0.3 is 5.97 Å². The van der Waals surface area contributed by atoms with Crippen LogP contribution in [-0.2, 0) is 16.0 Å². The first kappa shape index (κ1) is 23.7. The van der Waals surface area contributed by atoms with Crippen molar-refractivity contribution in [3.05, 3.63) is 63.9 Å². The van der Waals surface area contributed by atoms with Crippen LogP contribution in [0.1, 0.15) is 30.1 Å². The number of alkyl halides is 1. The number of benzene rings is 2. The van der Waals surface area contributed by atoms with E-state index >= 15 is 4.39 Å². The highest BCUT2D eigenvalue weighted by atomic mass is 79.9. The van der Waals surface area contributed by atoms with Crippen LogP contribution in [0.5, 0.6) is 5.75 Å². The molecule has 1 amide bonds. The van der Waals surface area contributed by atoms with Gasteiger partial charge in [0.1, 0.15) is 17.7 Å². The molecule has 1 atom stereocenters. The number of likely N-dealkylation sites (tertiary alicyclic amines) is 1. The molecular formula is C23H21BrF2N2O4. The Morgan fingerprint density at radius 2 is 1.88 bits per heavy atom. The molecule has 6 nitrogen and oxygen atoms in total. The minimum absolute atomic E-state index is 0.135. The lowest BCUT2D eigenvalue weighted by Crippen LogP contribution is -2.46. The van der Waals surface area contributed by atoms with Gasteiger partial charge in [-0.3, -0.25) is 9.59 Å². The molecule has 1 aliphatic rings. The van der Waals surface area contributed by atoms with Gasteiger partial charge in [0, 0.05) is 23.1 Å². The molecule has 1 unspecified atom stereocenters. The van der Waals surface area contributed by atoms with Crippen molar-refractivity contribution < 1.29 is 28.2 Å². The van der Waals surface area contributed by atoms with Crippen molar-refractivity contribution in [3.63, 3.8) is 0 Å². The van der Waals surface area contributed by atoms with Crippen LogP contribution in [0.4, 0.5) is 8.78 Å². The number of carbonyl (C=O) groups excluding carboxylic acids is 1. The van der Waals surface area contributed by atoms with Crippen LogP contribution in [0.3, 0.4) is 0 Å². The van der Waals surface area contributed by atoms with Crippen LogP contribution >= 0.6 is 15.9 Å². The van der Waals surface area contributed by atoms with Crippen molar-refractivity contribution in [3.8, 4) is 11.8 Å². The van der Waals surface area contributed by atoms with E-state index in [1.165, 1.54) is 17.0 Å². The maximum Gasteiger partial charge on any atom is 0.307 e. The summed E-state index contributed by atoms with van der Waals surface area (Å²) in [5.74, 6) is -1.54. The highest BCUT2D eigenvalue weighted by molar-refractivity contribution is 9.10. The number of ether oxygens (including phenoxy) is 1. The number of amides is 1. The van der Waals surface area contributed by atoms with E-state index in [0.717, 1.165) is 12.1 Å². The summed E-state index contributed by atoms with van der Waals surface area (Å²) in [5, 5.41) is 18.7. The van der Waals surface area contributed by atoms with E-state index in [2.05, 4.69) is 22.0 Å². The van der Waals surface area contributed by atoms with Crippen LogP contribution in [0.2, 0.25) is 0 Å². The van der Waals surface area contributed by atoms with Crippen molar-refractivity contribution in [1.29, 1.82) is 5.26 Å². The Balaban J connectivity index is 1.61. The van der Waals surface area contributed by atoms with E-state index in [1.807, 2.05) is 0 Å². The zero-order valence-electron chi connectivity index (χ0n) is 17.1. The molecule has 0 aliphatic carbocycles. The van der Waals surface area contributed by atoms with Gasteiger partial charge in [0.15, 0.2) is 6.61 Å². The summed E-state index contributed by atoms with van der Waals surface area (Å²) in [4.78, 5) is 25.2. The monoisotopic (exact) mass is 506 g/mol. The number of carboxylic acid groups (broad SMARTS) is 1. The number of hydrogen-bond acceptors (Lipinski definition) is 4. The molecule has 9 heteroatoms. The quantitative estimate of drug-likeness (QED) is 0.599. The molecule has 1 aliphatic heterocycles. The number of carbonyl (C=O) groups is 2. The first-order chi connectivity index (χ1) is 15.2. The standard InChI is InChI=1S/C23H21BrF2N2O4/c24-17-3-6-19(16(11-17)12-21(30)31)32-13-20(29)28-9-7-23(14-27,8-10-28)22(26)15-1-4-18(25)5-2-15/h1-6,11,22H,7-10,12-13H2,(H,30,31). The van der Waals surface area contributed by atoms with Crippen molar-refractivity contribution in [2.45, 2.75) is 25.4 Å². The van der Waals surface area contributed by atoms with Gasteiger partial charge in [-0.25, -0.2) is 8.78 Å². The largest absolute Gasteiger partial charge is 0.483 e. The highest BCUT2D eigenvalue weighted by Gasteiger charge is 2.44. The van der Waals surface area contributed by atoms with Crippen LogP contribution < -0.4 is 4.74 Å². The molecule has 1 saturated heterocycles. The van der Waals surface area contributed by atoms with Crippen LogP contribution in [0.25, 0.3) is 0 Å². The molecular weight excluding hydrogens is 486 g/mol. The summed E-state index contributed by atoms with van der Waals surface area (Å²) >= 11 is 3.28. The van der Waals surface area contributed by atoms with Gasteiger partial charge in [-0.15, -0.1) is 0 Å². The summed E-state index contributed by atoms with van der Waals surface area (Å²) in [5.41, 5.74) is -0.630. The lowest BCUT2D eigenvalue weighted by molar-refractivity contribution is -0.136. The normalized spacial score (nSPS) is 16.1. The maximum absolute atomic E-state index is 15.2. The summed E-state index contributed by atoms with van der Waals surface area (Å²) in [7, 11) is 0. The Labute approximate surface area is 192 Å². The zero-order valence-corrected chi connectivity index (χ0v) is 18.6. The smallest absolute Gasteiger partial charge is 0.307 e. The number of halogens is 3. The molecule has 0 bridgehead atoms. The topological polar surface area (TPSA) is 90.6 Å². The van der Waals surface area contributed by atoms with Gasteiger partial charge in [-0.1, -0.05) is 28.1 Å². The third-order valence-electron chi connectivity index (χ3n) is 5.59. The number of carboxylic acids is 1. The molecule has 0 saturated carbocycles. The molecule has 1 heterocycles. The average molecular weight is 507 g/mol. The number of piperidine rings is 1. The summed E-state index contributed by atoms with van der Waals surface area (Å²) in [6.45, 7) is 0.0597. The number of hydrogen-bond donors (Lipinski definition) is 1. The van der Waals surface area contributed by atoms with Crippen molar-refractivity contribution >= 4 is 27.8 Å². The maximum atomic E-state index is 15.2. The fourth-order valence-electron chi connectivity index (χ4n) is 3.75. The lowest BCUT2D eigenvalue weighted by Gasteiger charge is -2.39.